The van der Waals surface area contributed by atoms with Crippen LogP contribution in [-0.4, -0.2) is 47.8 Å². The Kier molecular flexibility index (Phi) is 7.19. The molecule has 1 heterocycles. The van der Waals surface area contributed by atoms with Crippen molar-refractivity contribution in [2.75, 3.05) is 32.7 Å². The van der Waals surface area contributed by atoms with Crippen LogP contribution in [0.15, 0.2) is 41.3 Å². The molecule has 162 valence electrons. The molecule has 2 aromatic carbocycles. The van der Waals surface area contributed by atoms with Gasteiger partial charge >= 0.3 is 0 Å². The molecule has 1 aliphatic heterocycles. The number of halogens is 1. The first-order valence-electron chi connectivity index (χ1n) is 9.28. The second-order valence-electron chi connectivity index (χ2n) is 6.65. The van der Waals surface area contributed by atoms with E-state index in [1.807, 2.05) is 0 Å². The van der Waals surface area contributed by atoms with Crippen molar-refractivity contribution < 1.29 is 27.4 Å². The van der Waals surface area contributed by atoms with Crippen LogP contribution in [0, 0.1) is 0 Å². The van der Waals surface area contributed by atoms with Gasteiger partial charge in [-0.1, -0.05) is 11.6 Å². The molecule has 2 N–H and O–H groups in total. The summed E-state index contributed by atoms with van der Waals surface area (Å²) in [4.78, 5) is 12.5. The second-order valence-corrected chi connectivity index (χ2v) is 8.80. The summed E-state index contributed by atoms with van der Waals surface area (Å²) < 4.78 is 43.7. The van der Waals surface area contributed by atoms with Crippen molar-refractivity contribution in [3.8, 4) is 11.5 Å². The van der Waals surface area contributed by atoms with E-state index in [4.69, 9.17) is 25.8 Å². The average Bonchev–Trinajstić information content (AvgIpc) is 3.26. The highest BCUT2D eigenvalue weighted by atomic mass is 35.5. The number of sulfonamides is 1. The third-order valence-corrected chi connectivity index (χ3v) is 6.57. The van der Waals surface area contributed by atoms with Gasteiger partial charge in [-0.25, -0.2) is 13.1 Å². The molecular formula is C20H23ClN2O6S. The van der Waals surface area contributed by atoms with Crippen molar-refractivity contribution >= 4 is 33.2 Å². The molecule has 0 radical (unpaired) electrons. The second kappa shape index (κ2) is 9.65. The maximum Gasteiger partial charge on any atom is 0.255 e. The SMILES string of the molecule is COc1ccc(NC(=O)c2ccc(Cl)c(S(=O)(=O)NC[C@@H]3CCCO3)c2)c(OC)c1. The summed E-state index contributed by atoms with van der Waals surface area (Å²) >= 11 is 6.11. The summed E-state index contributed by atoms with van der Waals surface area (Å²) in [5.41, 5.74) is 0.550. The van der Waals surface area contributed by atoms with Crippen LogP contribution in [0.3, 0.4) is 0 Å². The lowest BCUT2D eigenvalue weighted by Crippen LogP contribution is -2.32. The van der Waals surface area contributed by atoms with Crippen LogP contribution in [-0.2, 0) is 14.8 Å². The Morgan fingerprint density at radius 3 is 2.67 bits per heavy atom. The first kappa shape index (κ1) is 22.4. The van der Waals surface area contributed by atoms with E-state index in [0.29, 0.717) is 23.8 Å². The largest absolute Gasteiger partial charge is 0.497 e. The van der Waals surface area contributed by atoms with E-state index in [9.17, 15) is 13.2 Å². The van der Waals surface area contributed by atoms with Gasteiger partial charge in [0.1, 0.15) is 16.4 Å². The number of nitrogens with one attached hydrogen (secondary N) is 2. The van der Waals surface area contributed by atoms with Gasteiger partial charge in [0.05, 0.1) is 31.0 Å². The molecule has 0 aromatic heterocycles. The van der Waals surface area contributed by atoms with E-state index in [1.165, 1.54) is 32.4 Å². The third kappa shape index (κ3) is 5.23. The normalized spacial score (nSPS) is 16.3. The lowest BCUT2D eigenvalue weighted by atomic mass is 10.2. The highest BCUT2D eigenvalue weighted by Crippen LogP contribution is 2.30. The Morgan fingerprint density at radius 2 is 2.00 bits per heavy atom. The number of ether oxygens (including phenoxy) is 3. The van der Waals surface area contributed by atoms with E-state index in [0.717, 1.165) is 12.8 Å². The molecular weight excluding hydrogens is 432 g/mol. The van der Waals surface area contributed by atoms with Gasteiger partial charge in [-0.2, -0.15) is 0 Å². The number of amides is 1. The van der Waals surface area contributed by atoms with Gasteiger partial charge in [-0.15, -0.1) is 0 Å². The molecule has 0 saturated carbocycles. The molecule has 1 atom stereocenters. The molecule has 0 bridgehead atoms. The predicted octanol–water partition coefficient (Wildman–Crippen LogP) is 3.07. The number of rotatable bonds is 8. The Hall–Kier alpha value is -2.33. The number of methoxy groups -OCH3 is 2. The van der Waals surface area contributed by atoms with E-state index in [2.05, 4.69) is 10.0 Å². The lowest BCUT2D eigenvalue weighted by Gasteiger charge is -2.14. The quantitative estimate of drug-likeness (QED) is 0.635. The van der Waals surface area contributed by atoms with E-state index in [1.54, 1.807) is 18.2 Å². The summed E-state index contributed by atoms with van der Waals surface area (Å²) in [5.74, 6) is 0.468. The molecule has 3 rings (SSSR count). The number of hydrogen-bond donors (Lipinski definition) is 2. The minimum atomic E-state index is -3.91. The van der Waals surface area contributed by atoms with Gasteiger partial charge in [-0.05, 0) is 43.2 Å². The van der Waals surface area contributed by atoms with Crippen molar-refractivity contribution in [2.24, 2.45) is 0 Å². The van der Waals surface area contributed by atoms with Gasteiger partial charge in [0.15, 0.2) is 0 Å². The fourth-order valence-corrected chi connectivity index (χ4v) is 4.62. The number of hydrogen-bond acceptors (Lipinski definition) is 6. The van der Waals surface area contributed by atoms with Crippen LogP contribution < -0.4 is 19.5 Å². The Balaban J connectivity index is 1.79. The van der Waals surface area contributed by atoms with Crippen molar-refractivity contribution in [3.63, 3.8) is 0 Å². The van der Waals surface area contributed by atoms with Crippen LogP contribution >= 0.6 is 11.6 Å². The van der Waals surface area contributed by atoms with Gasteiger partial charge in [-0.3, -0.25) is 4.79 Å². The maximum atomic E-state index is 12.7. The van der Waals surface area contributed by atoms with Gasteiger partial charge < -0.3 is 19.5 Å². The van der Waals surface area contributed by atoms with E-state index >= 15 is 0 Å². The minimum absolute atomic E-state index is 0.0217. The molecule has 0 aliphatic carbocycles. The molecule has 1 fully saturated rings. The molecule has 1 saturated heterocycles. The average molecular weight is 455 g/mol. The smallest absolute Gasteiger partial charge is 0.255 e. The van der Waals surface area contributed by atoms with E-state index < -0.39 is 15.9 Å². The van der Waals surface area contributed by atoms with Gasteiger partial charge in [0, 0.05) is 24.8 Å². The highest BCUT2D eigenvalue weighted by Gasteiger charge is 2.23. The monoisotopic (exact) mass is 454 g/mol. The summed E-state index contributed by atoms with van der Waals surface area (Å²) in [6, 6.07) is 9.00. The van der Waals surface area contributed by atoms with Gasteiger partial charge in [0.25, 0.3) is 5.91 Å². The standard InChI is InChI=1S/C20H23ClN2O6S/c1-27-14-6-8-17(18(11-14)28-2)23-20(24)13-5-7-16(21)19(10-13)30(25,26)22-12-15-4-3-9-29-15/h5-8,10-11,15,22H,3-4,9,12H2,1-2H3,(H,23,24)/t15-/m0/s1. The van der Waals surface area contributed by atoms with Gasteiger partial charge in [0.2, 0.25) is 10.0 Å². The molecule has 1 aliphatic rings. The Bertz CT molecular complexity index is 1020. The topological polar surface area (TPSA) is 103 Å². The lowest BCUT2D eigenvalue weighted by molar-refractivity contribution is 0.102. The van der Waals surface area contributed by atoms with Crippen molar-refractivity contribution in [1.29, 1.82) is 0 Å². The molecule has 8 nitrogen and oxygen atoms in total. The Labute approximate surface area is 180 Å². The molecule has 1 amide bonds. The number of carbonyl (C=O) groups is 1. The molecule has 10 heteroatoms. The number of benzene rings is 2. The fraction of sp³-hybridized carbons (Fsp3) is 0.350. The highest BCUT2D eigenvalue weighted by molar-refractivity contribution is 7.89. The van der Waals surface area contributed by atoms with Crippen LogP contribution in [0.1, 0.15) is 23.2 Å². The summed E-state index contributed by atoms with van der Waals surface area (Å²) in [6.45, 7) is 0.774. The molecule has 0 spiro atoms. The number of carbonyl (C=O) groups excluding carboxylic acids is 1. The summed E-state index contributed by atoms with van der Waals surface area (Å²) in [7, 11) is -0.920. The van der Waals surface area contributed by atoms with Crippen LogP contribution in [0.2, 0.25) is 5.02 Å². The minimum Gasteiger partial charge on any atom is -0.497 e. The molecule has 0 unspecified atom stereocenters. The van der Waals surface area contributed by atoms with Crippen LogP contribution in [0.25, 0.3) is 0 Å². The molecule has 2 aromatic rings. The third-order valence-electron chi connectivity index (χ3n) is 4.66. The van der Waals surface area contributed by atoms with Crippen LogP contribution in [0.5, 0.6) is 11.5 Å². The first-order chi connectivity index (χ1) is 14.3. The van der Waals surface area contributed by atoms with Crippen molar-refractivity contribution in [2.45, 2.75) is 23.8 Å². The first-order valence-corrected chi connectivity index (χ1v) is 11.1. The fourth-order valence-electron chi connectivity index (χ4n) is 3.03. The van der Waals surface area contributed by atoms with Crippen molar-refractivity contribution in [3.05, 3.63) is 47.0 Å². The zero-order valence-corrected chi connectivity index (χ0v) is 18.2. The zero-order chi connectivity index (χ0) is 21.7. The Morgan fingerprint density at radius 1 is 1.20 bits per heavy atom. The predicted molar refractivity (Wildman–Crippen MR) is 113 cm³/mol. The zero-order valence-electron chi connectivity index (χ0n) is 16.6. The summed E-state index contributed by atoms with van der Waals surface area (Å²) in [6.07, 6.45) is 1.53. The molecule has 30 heavy (non-hydrogen) atoms. The number of anilines is 1. The maximum absolute atomic E-state index is 12.7. The summed E-state index contributed by atoms with van der Waals surface area (Å²) in [5, 5.41) is 2.73. The van der Waals surface area contributed by atoms with E-state index in [-0.39, 0.29) is 28.1 Å². The van der Waals surface area contributed by atoms with Crippen LogP contribution in [0.4, 0.5) is 5.69 Å². The van der Waals surface area contributed by atoms with Crippen molar-refractivity contribution in [1.82, 2.24) is 4.72 Å².